The maximum absolute atomic E-state index is 13.7. The fourth-order valence-corrected chi connectivity index (χ4v) is 2.81. The van der Waals surface area contributed by atoms with Crippen LogP contribution in [0.25, 0.3) is 11.1 Å². The van der Waals surface area contributed by atoms with Crippen molar-refractivity contribution in [3.8, 4) is 11.1 Å². The molecule has 7 heteroatoms. The summed E-state index contributed by atoms with van der Waals surface area (Å²) in [6, 6.07) is 6.49. The zero-order valence-corrected chi connectivity index (χ0v) is 11.4. The van der Waals surface area contributed by atoms with Crippen LogP contribution >= 0.6 is 23.5 Å². The van der Waals surface area contributed by atoms with Crippen molar-refractivity contribution in [3.05, 3.63) is 47.0 Å². The molecule has 0 saturated carbocycles. The molecule has 2 aromatic rings. The lowest BCUT2D eigenvalue weighted by atomic mass is 10.0. The molecule has 2 aromatic carbocycles. The highest BCUT2D eigenvalue weighted by atomic mass is 35.5. The van der Waals surface area contributed by atoms with Gasteiger partial charge in [-0.25, -0.2) is 8.78 Å². The van der Waals surface area contributed by atoms with Crippen LogP contribution in [0.3, 0.4) is 0 Å². The Kier molecular flexibility index (Phi) is 3.27. The molecule has 3 nitrogen and oxygen atoms in total. The fraction of sp³-hybridized carbons (Fsp3) is 0. The number of hydrogen-bond donors (Lipinski definition) is 2. The summed E-state index contributed by atoms with van der Waals surface area (Å²) in [7, 11) is 0. The van der Waals surface area contributed by atoms with Gasteiger partial charge in [-0.3, -0.25) is 0 Å². The molecular weight excluding hydrogens is 306 g/mol. The van der Waals surface area contributed by atoms with Gasteiger partial charge >= 0.3 is 0 Å². The van der Waals surface area contributed by atoms with E-state index in [0.29, 0.717) is 21.7 Å². The number of aliphatic hydroxyl groups excluding tert-OH is 1. The van der Waals surface area contributed by atoms with Crippen molar-refractivity contribution in [2.24, 2.45) is 4.40 Å². The summed E-state index contributed by atoms with van der Waals surface area (Å²) in [4.78, 5) is 0.484. The molecule has 0 atom stereocenters. The number of fused-ring (bicyclic) bond motifs is 1. The van der Waals surface area contributed by atoms with E-state index >= 15 is 0 Å². The summed E-state index contributed by atoms with van der Waals surface area (Å²) < 4.78 is 30.9. The quantitative estimate of drug-likeness (QED) is 0.754. The first-order chi connectivity index (χ1) is 9.56. The van der Waals surface area contributed by atoms with E-state index in [-0.39, 0.29) is 11.0 Å². The van der Waals surface area contributed by atoms with Gasteiger partial charge in [0.1, 0.15) is 11.6 Å². The molecule has 102 valence electrons. The van der Waals surface area contributed by atoms with Crippen LogP contribution < -0.4 is 5.32 Å². The monoisotopic (exact) mass is 312 g/mol. The Morgan fingerprint density at radius 3 is 2.80 bits per heavy atom. The molecule has 1 aliphatic heterocycles. The van der Waals surface area contributed by atoms with Crippen molar-refractivity contribution in [1.29, 1.82) is 0 Å². The van der Waals surface area contributed by atoms with Gasteiger partial charge < -0.3 is 10.4 Å². The largest absolute Gasteiger partial charge is 0.480 e. The number of rotatable bonds is 1. The summed E-state index contributed by atoms with van der Waals surface area (Å²) in [5, 5.41) is 12.0. The smallest absolute Gasteiger partial charge is 0.298 e. The minimum Gasteiger partial charge on any atom is -0.480 e. The Hall–Kier alpha value is -1.79. The van der Waals surface area contributed by atoms with Gasteiger partial charge in [0.2, 0.25) is 0 Å². The molecule has 0 spiro atoms. The second-order valence-corrected chi connectivity index (χ2v) is 5.24. The van der Waals surface area contributed by atoms with E-state index in [1.165, 1.54) is 24.3 Å². The highest BCUT2D eigenvalue weighted by Crippen LogP contribution is 2.42. The van der Waals surface area contributed by atoms with Crippen molar-refractivity contribution < 1.29 is 13.9 Å². The lowest BCUT2D eigenvalue weighted by Crippen LogP contribution is -2.14. The summed E-state index contributed by atoms with van der Waals surface area (Å²) in [5.74, 6) is -1.09. The van der Waals surface area contributed by atoms with Crippen LogP contribution in [0.2, 0.25) is 5.02 Å². The zero-order chi connectivity index (χ0) is 14.3. The molecule has 2 N–H and O–H groups in total. The van der Waals surface area contributed by atoms with Gasteiger partial charge in [-0.05, 0) is 18.2 Å². The van der Waals surface area contributed by atoms with Gasteiger partial charge in [0.15, 0.2) is 0 Å². The lowest BCUT2D eigenvalue weighted by Gasteiger charge is -2.18. The number of anilines is 1. The van der Waals surface area contributed by atoms with Crippen molar-refractivity contribution in [3.63, 3.8) is 0 Å². The first-order valence-electron chi connectivity index (χ1n) is 5.55. The first kappa shape index (κ1) is 13.2. The molecule has 0 saturated heterocycles. The van der Waals surface area contributed by atoms with Crippen molar-refractivity contribution >= 4 is 35.3 Å². The minimum atomic E-state index is -0.594. The van der Waals surface area contributed by atoms with Gasteiger partial charge in [-0.2, -0.15) is 4.40 Å². The highest BCUT2D eigenvalue weighted by Gasteiger charge is 2.20. The number of halogens is 3. The zero-order valence-electron chi connectivity index (χ0n) is 9.82. The summed E-state index contributed by atoms with van der Waals surface area (Å²) >= 11 is 6.86. The Balaban J connectivity index is 2.25. The molecule has 0 unspecified atom stereocenters. The average Bonchev–Trinajstić information content (AvgIpc) is 2.42. The number of aliphatic hydroxyl groups is 1. The maximum atomic E-state index is 13.7. The van der Waals surface area contributed by atoms with E-state index < -0.39 is 11.6 Å². The SMILES string of the molecule is OC1=NSc2cc(F)cc(-c3cccc(F)c3Cl)c2N1. The van der Waals surface area contributed by atoms with Gasteiger partial charge in [0, 0.05) is 23.1 Å². The van der Waals surface area contributed by atoms with E-state index in [9.17, 15) is 13.9 Å². The molecular formula is C13H7ClF2N2OS. The van der Waals surface area contributed by atoms with Gasteiger partial charge in [-0.1, -0.05) is 23.7 Å². The maximum Gasteiger partial charge on any atom is 0.298 e. The third-order valence-electron chi connectivity index (χ3n) is 2.78. The molecule has 3 rings (SSSR count). The molecule has 0 bridgehead atoms. The predicted octanol–water partition coefficient (Wildman–Crippen LogP) is 4.63. The highest BCUT2D eigenvalue weighted by molar-refractivity contribution is 7.98. The summed E-state index contributed by atoms with van der Waals surface area (Å²) in [5.41, 5.74) is 1.14. The number of hydrogen-bond acceptors (Lipinski definition) is 3. The molecule has 0 fully saturated rings. The first-order valence-corrected chi connectivity index (χ1v) is 6.70. The Bertz CT molecular complexity index is 737. The Labute approximate surface area is 122 Å². The number of amidine groups is 1. The fourth-order valence-electron chi connectivity index (χ4n) is 1.93. The van der Waals surface area contributed by atoms with Gasteiger partial charge in [-0.15, -0.1) is 0 Å². The molecule has 0 aromatic heterocycles. The van der Waals surface area contributed by atoms with Crippen LogP contribution in [0.15, 0.2) is 39.6 Å². The van der Waals surface area contributed by atoms with E-state index in [0.717, 1.165) is 11.9 Å². The normalized spacial score (nSPS) is 13.4. The third-order valence-corrected chi connectivity index (χ3v) is 3.94. The topological polar surface area (TPSA) is 44.6 Å². The van der Waals surface area contributed by atoms with Crippen molar-refractivity contribution in [2.75, 3.05) is 5.32 Å². The number of nitrogens with one attached hydrogen (secondary N) is 1. The minimum absolute atomic E-state index is 0.103. The van der Waals surface area contributed by atoms with Crippen molar-refractivity contribution in [1.82, 2.24) is 0 Å². The van der Waals surface area contributed by atoms with Gasteiger partial charge in [0.05, 0.1) is 15.6 Å². The second kappa shape index (κ2) is 4.96. The van der Waals surface area contributed by atoms with Crippen LogP contribution in [0, 0.1) is 11.6 Å². The van der Waals surface area contributed by atoms with Crippen LogP contribution in [0.5, 0.6) is 0 Å². The molecule has 20 heavy (non-hydrogen) atoms. The predicted molar refractivity (Wildman–Crippen MR) is 76.3 cm³/mol. The van der Waals surface area contributed by atoms with E-state index in [1.54, 1.807) is 6.07 Å². The Morgan fingerprint density at radius 2 is 2.00 bits per heavy atom. The third kappa shape index (κ3) is 2.21. The second-order valence-electron chi connectivity index (χ2n) is 4.06. The van der Waals surface area contributed by atoms with Crippen LogP contribution in [-0.4, -0.2) is 11.1 Å². The van der Waals surface area contributed by atoms with Crippen LogP contribution in [0.4, 0.5) is 14.5 Å². The standard InChI is InChI=1S/C13H7ClF2N2OS/c14-11-7(2-1-3-9(11)16)8-4-6(15)5-10-12(8)17-13(19)18-20-10/h1-5H,(H2,17,18,19). The molecule has 1 aliphatic rings. The average molecular weight is 313 g/mol. The molecule has 1 heterocycles. The lowest BCUT2D eigenvalue weighted by molar-refractivity contribution is 0.552. The molecule has 0 amide bonds. The summed E-state index contributed by atoms with van der Waals surface area (Å²) in [6.45, 7) is 0. The van der Waals surface area contributed by atoms with Crippen LogP contribution in [0.1, 0.15) is 0 Å². The van der Waals surface area contributed by atoms with E-state index in [2.05, 4.69) is 9.71 Å². The summed E-state index contributed by atoms with van der Waals surface area (Å²) in [6.07, 6.45) is 0. The molecule has 0 radical (unpaired) electrons. The van der Waals surface area contributed by atoms with E-state index in [4.69, 9.17) is 11.6 Å². The van der Waals surface area contributed by atoms with E-state index in [1.807, 2.05) is 0 Å². The van der Waals surface area contributed by atoms with Crippen molar-refractivity contribution in [2.45, 2.75) is 4.90 Å². The number of nitrogens with zero attached hydrogens (tertiary/aromatic N) is 1. The molecule has 0 aliphatic carbocycles. The van der Waals surface area contributed by atoms with Gasteiger partial charge in [0.25, 0.3) is 6.02 Å². The Morgan fingerprint density at radius 1 is 1.20 bits per heavy atom. The van der Waals surface area contributed by atoms with Crippen LogP contribution in [-0.2, 0) is 0 Å². The number of benzene rings is 2.